The molecular weight excluding hydrogens is 417 g/mol. The Hall–Kier alpha value is -0.0800. The van der Waals surface area contributed by atoms with Gasteiger partial charge in [-0.3, -0.25) is 4.99 Å². The van der Waals surface area contributed by atoms with Crippen LogP contribution in [0.5, 0.6) is 0 Å². The molecule has 3 rings (SSSR count). The number of rotatable bonds is 3. The molecule has 6 heteroatoms. The van der Waals surface area contributed by atoms with E-state index < -0.39 is 0 Å². The predicted octanol–water partition coefficient (Wildman–Crippen LogP) is 2.89. The first kappa shape index (κ1) is 20.2. The van der Waals surface area contributed by atoms with E-state index >= 15 is 0 Å². The Morgan fingerprint density at radius 1 is 1.08 bits per heavy atom. The van der Waals surface area contributed by atoms with Gasteiger partial charge in [-0.1, -0.05) is 19.8 Å². The molecule has 2 aliphatic heterocycles. The predicted molar refractivity (Wildman–Crippen MR) is 108 cm³/mol. The van der Waals surface area contributed by atoms with E-state index in [1.54, 1.807) is 0 Å². The quantitative estimate of drug-likeness (QED) is 0.407. The summed E-state index contributed by atoms with van der Waals surface area (Å²) < 4.78 is 11.8. The molecule has 1 aliphatic carbocycles. The molecule has 3 aliphatic rings. The standard InChI is InChI=1S/C18H33N3O2.HI/c1-14-5-7-15(8-6-14)12-20-18(19-2)21-9-11-23-17(13-21)16-4-3-10-22-16;/h14-17H,3-13H2,1-2H3,(H,19,20);1H. The monoisotopic (exact) mass is 451 g/mol. The van der Waals surface area contributed by atoms with Crippen LogP contribution in [-0.4, -0.2) is 63.0 Å². The van der Waals surface area contributed by atoms with Crippen LogP contribution in [0, 0.1) is 11.8 Å². The van der Waals surface area contributed by atoms with E-state index in [0.717, 1.165) is 63.5 Å². The summed E-state index contributed by atoms with van der Waals surface area (Å²) in [5.74, 6) is 2.75. The fraction of sp³-hybridized carbons (Fsp3) is 0.944. The van der Waals surface area contributed by atoms with E-state index in [0.29, 0.717) is 0 Å². The Balaban J connectivity index is 0.00000208. The summed E-state index contributed by atoms with van der Waals surface area (Å²) in [5, 5.41) is 3.61. The third kappa shape index (κ3) is 5.46. The van der Waals surface area contributed by atoms with Crippen LogP contribution in [-0.2, 0) is 9.47 Å². The number of morpholine rings is 1. The van der Waals surface area contributed by atoms with Gasteiger partial charge in [-0.05, 0) is 37.5 Å². The van der Waals surface area contributed by atoms with Gasteiger partial charge in [0.15, 0.2) is 5.96 Å². The second kappa shape index (κ2) is 10.2. The highest BCUT2D eigenvalue weighted by Gasteiger charge is 2.32. The molecule has 1 N–H and O–H groups in total. The van der Waals surface area contributed by atoms with Crippen LogP contribution in [0.3, 0.4) is 0 Å². The summed E-state index contributed by atoms with van der Waals surface area (Å²) in [5.41, 5.74) is 0. The van der Waals surface area contributed by atoms with Crippen LogP contribution in [0.1, 0.15) is 45.4 Å². The molecule has 0 amide bonds. The highest BCUT2D eigenvalue weighted by molar-refractivity contribution is 14.0. The number of halogens is 1. The minimum Gasteiger partial charge on any atom is -0.375 e. The molecule has 2 heterocycles. The maximum atomic E-state index is 5.94. The molecule has 24 heavy (non-hydrogen) atoms. The fourth-order valence-electron chi connectivity index (χ4n) is 4.09. The van der Waals surface area contributed by atoms with Crippen LogP contribution < -0.4 is 5.32 Å². The van der Waals surface area contributed by atoms with E-state index in [1.165, 1.54) is 25.7 Å². The number of guanidine groups is 1. The second-order valence-corrected chi connectivity index (χ2v) is 7.46. The highest BCUT2D eigenvalue weighted by atomic mass is 127. The van der Waals surface area contributed by atoms with Crippen LogP contribution in [0.2, 0.25) is 0 Å². The van der Waals surface area contributed by atoms with Crippen molar-refractivity contribution in [1.29, 1.82) is 0 Å². The van der Waals surface area contributed by atoms with Crippen molar-refractivity contribution in [3.63, 3.8) is 0 Å². The Labute approximate surface area is 164 Å². The van der Waals surface area contributed by atoms with Crippen LogP contribution in [0.4, 0.5) is 0 Å². The lowest BCUT2D eigenvalue weighted by Gasteiger charge is -2.37. The maximum Gasteiger partial charge on any atom is 0.193 e. The van der Waals surface area contributed by atoms with Gasteiger partial charge in [0, 0.05) is 33.3 Å². The molecule has 0 radical (unpaired) electrons. The molecule has 2 atom stereocenters. The van der Waals surface area contributed by atoms with E-state index in [4.69, 9.17) is 9.47 Å². The highest BCUT2D eigenvalue weighted by Crippen LogP contribution is 2.27. The average Bonchev–Trinajstić information content (AvgIpc) is 3.12. The third-order valence-electron chi connectivity index (χ3n) is 5.67. The third-order valence-corrected chi connectivity index (χ3v) is 5.67. The lowest BCUT2D eigenvalue weighted by atomic mass is 9.83. The molecule has 0 bridgehead atoms. The number of nitrogens with zero attached hydrogens (tertiary/aromatic N) is 2. The van der Waals surface area contributed by atoms with Gasteiger partial charge in [0.1, 0.15) is 6.10 Å². The molecule has 2 saturated heterocycles. The van der Waals surface area contributed by atoms with Gasteiger partial charge >= 0.3 is 0 Å². The zero-order valence-electron chi connectivity index (χ0n) is 15.2. The second-order valence-electron chi connectivity index (χ2n) is 7.46. The topological polar surface area (TPSA) is 46.1 Å². The summed E-state index contributed by atoms with van der Waals surface area (Å²) >= 11 is 0. The summed E-state index contributed by atoms with van der Waals surface area (Å²) in [4.78, 5) is 6.86. The van der Waals surface area contributed by atoms with E-state index in [9.17, 15) is 0 Å². The maximum absolute atomic E-state index is 5.94. The Kier molecular flexibility index (Phi) is 8.57. The first-order valence-electron chi connectivity index (χ1n) is 9.45. The van der Waals surface area contributed by atoms with Crippen molar-refractivity contribution >= 4 is 29.9 Å². The smallest absolute Gasteiger partial charge is 0.193 e. The minimum atomic E-state index is 0. The van der Waals surface area contributed by atoms with Crippen molar-refractivity contribution in [3.05, 3.63) is 0 Å². The van der Waals surface area contributed by atoms with E-state index in [2.05, 4.69) is 22.1 Å². The van der Waals surface area contributed by atoms with Gasteiger partial charge < -0.3 is 19.7 Å². The number of hydrogen-bond donors (Lipinski definition) is 1. The molecule has 3 fully saturated rings. The molecule has 0 aromatic heterocycles. The summed E-state index contributed by atoms with van der Waals surface area (Å²) in [6, 6.07) is 0. The van der Waals surface area contributed by atoms with Crippen molar-refractivity contribution < 1.29 is 9.47 Å². The van der Waals surface area contributed by atoms with Crippen molar-refractivity contribution in [3.8, 4) is 0 Å². The van der Waals surface area contributed by atoms with E-state index in [1.807, 2.05) is 7.05 Å². The summed E-state index contributed by atoms with van der Waals surface area (Å²) in [7, 11) is 1.89. The molecule has 2 unspecified atom stereocenters. The minimum absolute atomic E-state index is 0. The van der Waals surface area contributed by atoms with Crippen molar-refractivity contribution in [2.45, 2.75) is 57.7 Å². The first-order chi connectivity index (χ1) is 11.3. The molecule has 1 saturated carbocycles. The Bertz CT molecular complexity index is 394. The van der Waals surface area contributed by atoms with Gasteiger partial charge in [-0.15, -0.1) is 24.0 Å². The van der Waals surface area contributed by atoms with Crippen LogP contribution in [0.15, 0.2) is 4.99 Å². The van der Waals surface area contributed by atoms with Crippen molar-refractivity contribution in [2.75, 3.05) is 39.9 Å². The van der Waals surface area contributed by atoms with Crippen LogP contribution in [0.25, 0.3) is 0 Å². The summed E-state index contributed by atoms with van der Waals surface area (Å²) in [6.45, 7) is 6.91. The van der Waals surface area contributed by atoms with Gasteiger partial charge in [0.05, 0.1) is 12.7 Å². The van der Waals surface area contributed by atoms with Gasteiger partial charge in [0.2, 0.25) is 0 Å². The lowest BCUT2D eigenvalue weighted by Crippen LogP contribution is -2.53. The van der Waals surface area contributed by atoms with Crippen molar-refractivity contribution in [1.82, 2.24) is 10.2 Å². The van der Waals surface area contributed by atoms with Crippen LogP contribution >= 0.6 is 24.0 Å². The lowest BCUT2D eigenvalue weighted by molar-refractivity contribution is -0.0817. The first-order valence-corrected chi connectivity index (χ1v) is 9.45. The summed E-state index contributed by atoms with van der Waals surface area (Å²) in [6.07, 6.45) is 8.23. The normalized spacial score (nSPS) is 34.8. The molecule has 0 spiro atoms. The average molecular weight is 451 g/mol. The Morgan fingerprint density at radius 2 is 1.83 bits per heavy atom. The van der Waals surface area contributed by atoms with E-state index in [-0.39, 0.29) is 36.2 Å². The number of ether oxygens (including phenoxy) is 2. The van der Waals surface area contributed by atoms with Gasteiger partial charge in [-0.25, -0.2) is 0 Å². The van der Waals surface area contributed by atoms with Gasteiger partial charge in [0.25, 0.3) is 0 Å². The molecule has 0 aromatic carbocycles. The van der Waals surface area contributed by atoms with Crippen molar-refractivity contribution in [2.24, 2.45) is 16.8 Å². The zero-order chi connectivity index (χ0) is 16.1. The largest absolute Gasteiger partial charge is 0.375 e. The van der Waals surface area contributed by atoms with Gasteiger partial charge in [-0.2, -0.15) is 0 Å². The number of hydrogen-bond acceptors (Lipinski definition) is 3. The molecule has 0 aromatic rings. The molecule has 140 valence electrons. The SMILES string of the molecule is CN=C(NCC1CCC(C)CC1)N1CCOC(C2CCCO2)C1.I. The fourth-order valence-corrected chi connectivity index (χ4v) is 4.09. The number of aliphatic imine (C=N–C) groups is 1. The molecular formula is C18H34IN3O2. The Morgan fingerprint density at radius 3 is 2.50 bits per heavy atom. The molecule has 5 nitrogen and oxygen atoms in total. The zero-order valence-corrected chi connectivity index (χ0v) is 17.5. The number of nitrogens with one attached hydrogen (secondary N) is 1.